The van der Waals surface area contributed by atoms with Crippen molar-refractivity contribution in [2.24, 2.45) is 0 Å². The Labute approximate surface area is 130 Å². The molecule has 0 amide bonds. The first-order valence-electron chi connectivity index (χ1n) is 5.93. The van der Waals surface area contributed by atoms with Gasteiger partial charge in [-0.05, 0) is 19.1 Å². The van der Waals surface area contributed by atoms with Crippen molar-refractivity contribution in [3.63, 3.8) is 0 Å². The summed E-state index contributed by atoms with van der Waals surface area (Å²) < 4.78 is 43.5. The van der Waals surface area contributed by atoms with Crippen LogP contribution in [0.3, 0.4) is 0 Å². The summed E-state index contributed by atoms with van der Waals surface area (Å²) in [6.45, 7) is 1.62. The summed E-state index contributed by atoms with van der Waals surface area (Å²) in [5.74, 6) is -1.91. The number of ether oxygens (including phenoxy) is 1. The molecule has 0 saturated heterocycles. The van der Waals surface area contributed by atoms with Crippen molar-refractivity contribution in [3.8, 4) is 17.0 Å². The van der Waals surface area contributed by atoms with E-state index in [0.29, 0.717) is 0 Å². The van der Waals surface area contributed by atoms with Gasteiger partial charge in [-0.3, -0.25) is 0 Å². The number of rotatable bonds is 3. The highest BCUT2D eigenvalue weighted by Gasteiger charge is 2.36. The number of carbonyl (C=O) groups is 1. The standard InChI is InChI=1S/C12H9BrF3N3O3/c1-2-22-11(21)9-8(17-19-18-9)6-3-5(13)4-7(10(6)20)12(14,15)16/h3-4,20H,2H2,1H3,(H,17,18,19). The normalized spacial score (nSPS) is 11.5. The maximum absolute atomic E-state index is 12.9. The second-order valence-corrected chi connectivity index (χ2v) is 5.00. The summed E-state index contributed by atoms with van der Waals surface area (Å²) in [5.41, 5.74) is -2.10. The molecule has 2 rings (SSSR count). The third kappa shape index (κ3) is 3.06. The van der Waals surface area contributed by atoms with Gasteiger partial charge in [0.05, 0.1) is 12.2 Å². The summed E-state index contributed by atoms with van der Waals surface area (Å²) in [7, 11) is 0. The van der Waals surface area contributed by atoms with Crippen LogP contribution >= 0.6 is 15.9 Å². The summed E-state index contributed by atoms with van der Waals surface area (Å²) in [6.07, 6.45) is -4.77. The van der Waals surface area contributed by atoms with Gasteiger partial charge >= 0.3 is 12.1 Å². The molecule has 2 aromatic rings. The van der Waals surface area contributed by atoms with Gasteiger partial charge in [0.25, 0.3) is 0 Å². The Balaban J connectivity index is 2.62. The predicted octanol–water partition coefficient (Wildman–Crippen LogP) is 3.14. The van der Waals surface area contributed by atoms with E-state index >= 15 is 0 Å². The van der Waals surface area contributed by atoms with Crippen LogP contribution < -0.4 is 0 Å². The number of aromatic amines is 1. The Kier molecular flexibility index (Phi) is 4.40. The topological polar surface area (TPSA) is 88.1 Å². The number of H-pyrrole nitrogens is 1. The van der Waals surface area contributed by atoms with Crippen LogP contribution in [-0.2, 0) is 10.9 Å². The van der Waals surface area contributed by atoms with Gasteiger partial charge in [0.2, 0.25) is 0 Å². The lowest BCUT2D eigenvalue weighted by Crippen LogP contribution is -2.08. The van der Waals surface area contributed by atoms with Crippen LogP contribution in [0.2, 0.25) is 0 Å². The third-order valence-corrected chi connectivity index (χ3v) is 3.11. The Hall–Kier alpha value is -2.10. The van der Waals surface area contributed by atoms with E-state index in [4.69, 9.17) is 4.74 Å². The van der Waals surface area contributed by atoms with E-state index < -0.39 is 23.5 Å². The lowest BCUT2D eigenvalue weighted by atomic mass is 10.0. The molecule has 6 nitrogen and oxygen atoms in total. The molecule has 0 aliphatic heterocycles. The van der Waals surface area contributed by atoms with Crippen molar-refractivity contribution >= 4 is 21.9 Å². The Morgan fingerprint density at radius 3 is 2.68 bits per heavy atom. The summed E-state index contributed by atoms with van der Waals surface area (Å²) in [4.78, 5) is 11.7. The number of esters is 1. The van der Waals surface area contributed by atoms with Gasteiger partial charge < -0.3 is 9.84 Å². The number of benzene rings is 1. The molecule has 0 spiro atoms. The number of hydrogen-bond donors (Lipinski definition) is 2. The van der Waals surface area contributed by atoms with E-state index in [1.165, 1.54) is 6.07 Å². The van der Waals surface area contributed by atoms with Gasteiger partial charge in [0.1, 0.15) is 11.4 Å². The molecule has 0 saturated carbocycles. The number of halogens is 4. The minimum Gasteiger partial charge on any atom is -0.507 e. The van der Waals surface area contributed by atoms with Gasteiger partial charge in [0.15, 0.2) is 5.69 Å². The van der Waals surface area contributed by atoms with Gasteiger partial charge in [-0.25, -0.2) is 4.79 Å². The largest absolute Gasteiger partial charge is 0.507 e. The van der Waals surface area contributed by atoms with Crippen molar-refractivity contribution in [2.75, 3.05) is 6.61 Å². The molecule has 0 unspecified atom stereocenters. The Morgan fingerprint density at radius 2 is 2.09 bits per heavy atom. The molecule has 0 radical (unpaired) electrons. The van der Waals surface area contributed by atoms with Gasteiger partial charge in [-0.2, -0.15) is 23.5 Å². The predicted molar refractivity (Wildman–Crippen MR) is 72.1 cm³/mol. The average Bonchev–Trinajstić information content (AvgIpc) is 2.89. The molecular formula is C12H9BrF3N3O3. The fourth-order valence-electron chi connectivity index (χ4n) is 1.76. The maximum Gasteiger partial charge on any atom is 0.420 e. The van der Waals surface area contributed by atoms with Crippen LogP contribution in [0, 0.1) is 0 Å². The zero-order valence-electron chi connectivity index (χ0n) is 11.0. The average molecular weight is 380 g/mol. The van der Waals surface area contributed by atoms with Crippen molar-refractivity contribution in [3.05, 3.63) is 27.9 Å². The lowest BCUT2D eigenvalue weighted by Gasteiger charge is -2.12. The van der Waals surface area contributed by atoms with E-state index in [1.54, 1.807) is 6.92 Å². The molecular weight excluding hydrogens is 371 g/mol. The number of hydrogen-bond acceptors (Lipinski definition) is 5. The number of nitrogens with zero attached hydrogens (tertiary/aromatic N) is 2. The highest BCUT2D eigenvalue weighted by atomic mass is 79.9. The van der Waals surface area contributed by atoms with Crippen LogP contribution in [0.4, 0.5) is 13.2 Å². The maximum atomic E-state index is 12.9. The zero-order valence-corrected chi connectivity index (χ0v) is 12.6. The highest BCUT2D eigenvalue weighted by Crippen LogP contribution is 2.43. The van der Waals surface area contributed by atoms with E-state index in [1.807, 2.05) is 0 Å². The van der Waals surface area contributed by atoms with Crippen molar-refractivity contribution in [1.29, 1.82) is 0 Å². The number of alkyl halides is 3. The fraction of sp³-hybridized carbons (Fsp3) is 0.250. The van der Waals surface area contributed by atoms with Crippen molar-refractivity contribution in [1.82, 2.24) is 15.4 Å². The molecule has 118 valence electrons. The van der Waals surface area contributed by atoms with Gasteiger partial charge in [-0.1, -0.05) is 15.9 Å². The quantitative estimate of drug-likeness (QED) is 0.799. The number of carbonyl (C=O) groups excluding carboxylic acids is 1. The number of phenolic OH excluding ortho intramolecular Hbond substituents is 1. The summed E-state index contributed by atoms with van der Waals surface area (Å²) >= 11 is 2.93. The molecule has 1 aromatic carbocycles. The molecule has 1 heterocycles. The van der Waals surface area contributed by atoms with E-state index in [2.05, 4.69) is 31.3 Å². The number of nitrogens with one attached hydrogen (secondary N) is 1. The van der Waals surface area contributed by atoms with Crippen LogP contribution in [0.1, 0.15) is 23.0 Å². The van der Waals surface area contributed by atoms with E-state index in [-0.39, 0.29) is 28.0 Å². The number of aromatic nitrogens is 3. The Morgan fingerprint density at radius 1 is 1.41 bits per heavy atom. The molecule has 0 fully saturated rings. The van der Waals surface area contributed by atoms with Crippen molar-refractivity contribution < 1.29 is 27.8 Å². The second-order valence-electron chi connectivity index (χ2n) is 4.09. The highest BCUT2D eigenvalue weighted by molar-refractivity contribution is 9.10. The van der Waals surface area contributed by atoms with E-state index in [9.17, 15) is 23.1 Å². The fourth-order valence-corrected chi connectivity index (χ4v) is 2.21. The molecule has 0 aliphatic rings. The first-order valence-corrected chi connectivity index (χ1v) is 6.73. The second kappa shape index (κ2) is 5.95. The van der Waals surface area contributed by atoms with E-state index in [0.717, 1.165) is 6.07 Å². The summed E-state index contributed by atoms with van der Waals surface area (Å²) in [6, 6.07) is 1.92. The molecule has 22 heavy (non-hydrogen) atoms. The van der Waals surface area contributed by atoms with Crippen molar-refractivity contribution in [2.45, 2.75) is 13.1 Å². The van der Waals surface area contributed by atoms with Gasteiger partial charge in [0, 0.05) is 10.0 Å². The monoisotopic (exact) mass is 379 g/mol. The van der Waals surface area contributed by atoms with Gasteiger partial charge in [-0.15, -0.1) is 5.10 Å². The zero-order chi connectivity index (χ0) is 16.5. The minimum atomic E-state index is -4.77. The SMILES string of the molecule is CCOC(=O)c1n[nH]nc1-c1cc(Br)cc(C(F)(F)F)c1O. The molecule has 10 heteroatoms. The third-order valence-electron chi connectivity index (χ3n) is 2.65. The van der Waals surface area contributed by atoms with Crippen LogP contribution in [-0.4, -0.2) is 33.1 Å². The first kappa shape index (κ1) is 16.3. The molecule has 0 aliphatic carbocycles. The molecule has 0 bridgehead atoms. The smallest absolute Gasteiger partial charge is 0.420 e. The van der Waals surface area contributed by atoms with Crippen LogP contribution in [0.5, 0.6) is 5.75 Å². The molecule has 0 atom stereocenters. The van der Waals surface area contributed by atoms with Crippen LogP contribution in [0.25, 0.3) is 11.3 Å². The Bertz CT molecular complexity index is 715. The van der Waals surface area contributed by atoms with Crippen LogP contribution in [0.15, 0.2) is 16.6 Å². The lowest BCUT2D eigenvalue weighted by molar-refractivity contribution is -0.138. The minimum absolute atomic E-state index is 0.0589. The number of aromatic hydroxyl groups is 1. The first-order chi connectivity index (χ1) is 10.3. The summed E-state index contributed by atoms with van der Waals surface area (Å²) in [5, 5.41) is 19.2. The molecule has 2 N–H and O–H groups in total. The molecule has 1 aromatic heterocycles. The number of phenols is 1.